The van der Waals surface area contributed by atoms with Crippen molar-refractivity contribution in [2.75, 3.05) is 0 Å². The van der Waals surface area contributed by atoms with Crippen LogP contribution in [-0.2, 0) is 10.2 Å². The summed E-state index contributed by atoms with van der Waals surface area (Å²) < 4.78 is 0. The smallest absolute Gasteiger partial charge is 0.155 e. The number of carbonyl (C=O) groups excluding carboxylic acids is 1. The van der Waals surface area contributed by atoms with Gasteiger partial charge >= 0.3 is 0 Å². The third-order valence-electron chi connectivity index (χ3n) is 4.98. The van der Waals surface area contributed by atoms with Gasteiger partial charge in [-0.2, -0.15) is 0 Å². The van der Waals surface area contributed by atoms with E-state index in [0.717, 1.165) is 30.4 Å². The number of allylic oxidation sites excluding steroid dienone is 2. The summed E-state index contributed by atoms with van der Waals surface area (Å²) in [7, 11) is 0. The van der Waals surface area contributed by atoms with Crippen LogP contribution < -0.4 is 0 Å². The second kappa shape index (κ2) is 7.81. The first-order valence-electron chi connectivity index (χ1n) is 9.01. The molecule has 2 nitrogen and oxygen atoms in total. The first kappa shape index (κ1) is 17.8. The summed E-state index contributed by atoms with van der Waals surface area (Å²) in [6.07, 6.45) is 10.3. The SMILES string of the molecule is CCCCCCC(C)(C)c1ccc(C2=CC(=O)CCC2)c(O)c1. The molecule has 0 fully saturated rings. The fraction of sp³-hybridized carbons (Fsp3) is 0.571. The number of ketones is 1. The van der Waals surface area contributed by atoms with Crippen molar-refractivity contribution < 1.29 is 9.90 Å². The van der Waals surface area contributed by atoms with Gasteiger partial charge in [-0.3, -0.25) is 4.79 Å². The fourth-order valence-corrected chi connectivity index (χ4v) is 3.37. The molecule has 0 aromatic heterocycles. The molecular formula is C21H30O2. The minimum atomic E-state index is 0.0700. The maximum Gasteiger partial charge on any atom is 0.155 e. The van der Waals surface area contributed by atoms with Gasteiger partial charge in [-0.15, -0.1) is 0 Å². The molecule has 126 valence electrons. The van der Waals surface area contributed by atoms with Crippen molar-refractivity contribution in [3.8, 4) is 5.75 Å². The number of carbonyl (C=O) groups is 1. The predicted octanol–water partition coefficient (Wildman–Crippen LogP) is 5.78. The lowest BCUT2D eigenvalue weighted by Gasteiger charge is -2.26. The number of phenols is 1. The minimum absolute atomic E-state index is 0.0700. The van der Waals surface area contributed by atoms with Crippen LogP contribution in [0.3, 0.4) is 0 Å². The lowest BCUT2D eigenvalue weighted by Crippen LogP contribution is -2.17. The number of unbranched alkanes of at least 4 members (excludes halogenated alkanes) is 3. The van der Waals surface area contributed by atoms with Gasteiger partial charge in [0.15, 0.2) is 5.78 Å². The van der Waals surface area contributed by atoms with E-state index in [-0.39, 0.29) is 11.2 Å². The van der Waals surface area contributed by atoms with Gasteiger partial charge in [-0.1, -0.05) is 58.6 Å². The van der Waals surface area contributed by atoms with Gasteiger partial charge in [-0.05, 0) is 48.0 Å². The third-order valence-corrected chi connectivity index (χ3v) is 4.98. The number of aromatic hydroxyl groups is 1. The van der Waals surface area contributed by atoms with Crippen LogP contribution >= 0.6 is 0 Å². The van der Waals surface area contributed by atoms with Gasteiger partial charge in [0.05, 0.1) is 0 Å². The molecule has 1 aromatic carbocycles. The predicted molar refractivity (Wildman–Crippen MR) is 96.7 cm³/mol. The standard InChI is InChI=1S/C21H30O2/c1-4-5-6-7-13-21(2,3)17-11-12-19(20(23)15-17)16-9-8-10-18(22)14-16/h11-12,14-15,23H,4-10,13H2,1-3H3. The Labute approximate surface area is 140 Å². The van der Waals surface area contributed by atoms with Crippen LogP contribution in [0.25, 0.3) is 5.57 Å². The Balaban J connectivity index is 2.13. The van der Waals surface area contributed by atoms with Gasteiger partial charge in [-0.25, -0.2) is 0 Å². The van der Waals surface area contributed by atoms with Crippen molar-refractivity contribution in [1.82, 2.24) is 0 Å². The molecule has 0 saturated carbocycles. The molecule has 0 unspecified atom stereocenters. The molecule has 0 amide bonds. The molecule has 0 heterocycles. The molecule has 1 aliphatic carbocycles. The summed E-state index contributed by atoms with van der Waals surface area (Å²) in [5.41, 5.74) is 3.05. The number of hydrogen-bond donors (Lipinski definition) is 1. The Kier molecular flexibility index (Phi) is 6.04. The number of phenolic OH excluding ortho intramolecular Hbond substituents is 1. The molecule has 0 atom stereocenters. The summed E-state index contributed by atoms with van der Waals surface area (Å²) in [5.74, 6) is 0.482. The van der Waals surface area contributed by atoms with Gasteiger partial charge in [0.2, 0.25) is 0 Å². The van der Waals surface area contributed by atoms with E-state index < -0.39 is 0 Å². The summed E-state index contributed by atoms with van der Waals surface area (Å²) in [4.78, 5) is 11.6. The highest BCUT2D eigenvalue weighted by Crippen LogP contribution is 2.36. The van der Waals surface area contributed by atoms with E-state index >= 15 is 0 Å². The van der Waals surface area contributed by atoms with Gasteiger partial charge < -0.3 is 5.11 Å². The quantitative estimate of drug-likeness (QED) is 0.648. The van der Waals surface area contributed by atoms with E-state index in [2.05, 4.69) is 26.8 Å². The van der Waals surface area contributed by atoms with Crippen molar-refractivity contribution >= 4 is 11.4 Å². The van der Waals surface area contributed by atoms with E-state index in [0.29, 0.717) is 12.2 Å². The average Bonchev–Trinajstić information content (AvgIpc) is 2.51. The van der Waals surface area contributed by atoms with Crippen molar-refractivity contribution in [2.24, 2.45) is 0 Å². The van der Waals surface area contributed by atoms with Crippen molar-refractivity contribution in [3.63, 3.8) is 0 Å². The lowest BCUT2D eigenvalue weighted by atomic mass is 9.79. The van der Waals surface area contributed by atoms with Crippen LogP contribution in [0.4, 0.5) is 0 Å². The van der Waals surface area contributed by atoms with Crippen LogP contribution in [0, 0.1) is 0 Å². The lowest BCUT2D eigenvalue weighted by molar-refractivity contribution is -0.114. The van der Waals surface area contributed by atoms with E-state index in [1.807, 2.05) is 12.1 Å². The van der Waals surface area contributed by atoms with Crippen LogP contribution in [0.2, 0.25) is 0 Å². The van der Waals surface area contributed by atoms with E-state index in [4.69, 9.17) is 0 Å². The van der Waals surface area contributed by atoms with Gasteiger partial charge in [0.1, 0.15) is 5.75 Å². The summed E-state index contributed by atoms with van der Waals surface area (Å²) in [5, 5.41) is 10.5. The Morgan fingerprint density at radius 1 is 1.13 bits per heavy atom. The molecule has 23 heavy (non-hydrogen) atoms. The largest absolute Gasteiger partial charge is 0.507 e. The Bertz CT molecular complexity index is 582. The Morgan fingerprint density at radius 2 is 1.91 bits per heavy atom. The molecule has 0 spiro atoms. The van der Waals surface area contributed by atoms with Crippen LogP contribution in [0.5, 0.6) is 5.75 Å². The number of hydrogen-bond acceptors (Lipinski definition) is 2. The maximum atomic E-state index is 11.6. The van der Waals surface area contributed by atoms with Crippen molar-refractivity contribution in [3.05, 3.63) is 35.4 Å². The first-order valence-corrected chi connectivity index (χ1v) is 9.01. The molecule has 1 N–H and O–H groups in total. The molecule has 1 aromatic rings. The normalized spacial score (nSPS) is 15.6. The number of benzene rings is 1. The number of rotatable bonds is 7. The third kappa shape index (κ3) is 4.70. The van der Waals surface area contributed by atoms with Crippen molar-refractivity contribution in [1.29, 1.82) is 0 Å². The van der Waals surface area contributed by atoms with E-state index in [1.165, 1.54) is 31.2 Å². The fourth-order valence-electron chi connectivity index (χ4n) is 3.37. The molecule has 2 heteroatoms. The van der Waals surface area contributed by atoms with Crippen LogP contribution in [-0.4, -0.2) is 10.9 Å². The monoisotopic (exact) mass is 314 g/mol. The average molecular weight is 314 g/mol. The maximum absolute atomic E-state index is 11.6. The molecular weight excluding hydrogens is 284 g/mol. The van der Waals surface area contributed by atoms with Crippen LogP contribution in [0.1, 0.15) is 83.3 Å². The zero-order valence-corrected chi connectivity index (χ0v) is 14.8. The Morgan fingerprint density at radius 3 is 2.57 bits per heavy atom. The second-order valence-corrected chi connectivity index (χ2v) is 7.42. The zero-order valence-electron chi connectivity index (χ0n) is 14.8. The van der Waals surface area contributed by atoms with Crippen LogP contribution in [0.15, 0.2) is 24.3 Å². The van der Waals surface area contributed by atoms with E-state index in [9.17, 15) is 9.90 Å². The zero-order chi connectivity index (χ0) is 16.9. The summed E-state index contributed by atoms with van der Waals surface area (Å²) in [6, 6.07) is 6.01. The topological polar surface area (TPSA) is 37.3 Å². The first-order chi connectivity index (χ1) is 10.9. The molecule has 0 bridgehead atoms. The Hall–Kier alpha value is -1.57. The molecule has 0 aliphatic heterocycles. The van der Waals surface area contributed by atoms with Gasteiger partial charge in [0.25, 0.3) is 0 Å². The second-order valence-electron chi connectivity index (χ2n) is 7.42. The van der Waals surface area contributed by atoms with Gasteiger partial charge in [0, 0.05) is 12.0 Å². The minimum Gasteiger partial charge on any atom is -0.507 e. The summed E-state index contributed by atoms with van der Waals surface area (Å²) in [6.45, 7) is 6.72. The molecule has 1 aliphatic rings. The highest BCUT2D eigenvalue weighted by atomic mass is 16.3. The molecule has 2 rings (SSSR count). The molecule has 0 radical (unpaired) electrons. The highest BCUT2D eigenvalue weighted by molar-refractivity contribution is 5.98. The van der Waals surface area contributed by atoms with E-state index in [1.54, 1.807) is 6.08 Å². The highest BCUT2D eigenvalue weighted by Gasteiger charge is 2.22. The van der Waals surface area contributed by atoms with Crippen molar-refractivity contribution in [2.45, 2.75) is 77.6 Å². The molecule has 0 saturated heterocycles. The summed E-state index contributed by atoms with van der Waals surface area (Å²) >= 11 is 0.